The van der Waals surface area contributed by atoms with E-state index in [9.17, 15) is 0 Å². The zero-order valence-corrected chi connectivity index (χ0v) is 34.1. The fraction of sp³-hybridized carbons (Fsp3) is 0. The summed E-state index contributed by atoms with van der Waals surface area (Å²) in [5.74, 6) is 1.26. The summed E-state index contributed by atoms with van der Waals surface area (Å²) in [6.45, 7) is 0. The van der Waals surface area contributed by atoms with Crippen molar-refractivity contribution in [2.24, 2.45) is 0 Å². The van der Waals surface area contributed by atoms with Crippen LogP contribution in [-0.4, -0.2) is 0 Å². The van der Waals surface area contributed by atoms with E-state index in [2.05, 4.69) is 125 Å². The molecule has 0 aliphatic rings. The molecule has 9 heterocycles. The van der Waals surface area contributed by atoms with Gasteiger partial charge >= 0.3 is 0 Å². The maximum Gasteiger partial charge on any atom is 0.0635 e. The average Bonchev–Trinajstić information content (AvgIpc) is 4.00. The van der Waals surface area contributed by atoms with Gasteiger partial charge in [-0.3, -0.25) is 0 Å². The molecule has 0 amide bonds. The first-order valence-corrected chi connectivity index (χ1v) is 24.1. The van der Waals surface area contributed by atoms with Crippen molar-refractivity contribution in [3.63, 3.8) is 0 Å². The topological polar surface area (TPSA) is 0 Å². The minimum Gasteiger partial charge on any atom is -0.141 e. The fourth-order valence-electron chi connectivity index (χ4n) is 7.14. The Morgan fingerprint density at radius 3 is 0.904 bits per heavy atom. The first kappa shape index (κ1) is 30.8. The minimum absolute atomic E-state index is 1.23. The number of rotatable bonds is 6. The van der Waals surface area contributed by atoms with Crippen LogP contribution in [0.4, 0.5) is 0 Å². The van der Waals surface area contributed by atoms with E-state index in [1.807, 2.05) is 102 Å². The summed E-state index contributed by atoms with van der Waals surface area (Å²) in [4.78, 5) is 4.01. The van der Waals surface area contributed by atoms with Gasteiger partial charge in [-0.05, 0) is 125 Å². The predicted molar refractivity (Wildman–Crippen MR) is 242 cm³/mol. The van der Waals surface area contributed by atoms with Gasteiger partial charge in [0, 0.05) is 59.5 Å². The van der Waals surface area contributed by atoms with Crippen molar-refractivity contribution in [1.82, 2.24) is 0 Å². The smallest absolute Gasteiger partial charge is 0.0635 e. The molecular weight excluding hydrogens is 805 g/mol. The summed E-state index contributed by atoms with van der Waals surface area (Å²) in [7, 11) is 0. The Labute approximate surface area is 334 Å². The predicted octanol–water partition coefficient (Wildman–Crippen LogP) is 17.2. The largest absolute Gasteiger partial charge is 0.141 e. The quantitative estimate of drug-likeness (QED) is 0.116. The Bertz CT molecular complexity index is 2880. The zero-order valence-electron chi connectivity index (χ0n) is 26.8. The third-order valence-corrected chi connectivity index (χ3v) is 20.5. The molecule has 0 radical (unpaired) electrons. The van der Waals surface area contributed by atoms with Crippen LogP contribution >= 0.6 is 102 Å². The first-order chi connectivity index (χ1) is 25.7. The summed E-state index contributed by atoms with van der Waals surface area (Å²) >= 11 is 17.1. The van der Waals surface area contributed by atoms with Crippen LogP contribution in [0.25, 0.3) is 87.7 Å². The van der Waals surface area contributed by atoms with E-state index in [-0.39, 0.29) is 0 Å². The molecule has 9 aromatic heterocycles. The summed E-state index contributed by atoms with van der Waals surface area (Å²) in [5.41, 5.74) is 7.54. The molecule has 246 valence electrons. The lowest BCUT2D eigenvalue weighted by Gasteiger charge is -2.15. The van der Waals surface area contributed by atoms with Crippen molar-refractivity contribution >= 4 is 158 Å². The average molecular weight is 826 g/mol. The normalized spacial score (nSPS) is 12.2. The molecule has 0 bridgehead atoms. The lowest BCUT2D eigenvalue weighted by molar-refractivity contribution is 1.23. The zero-order chi connectivity index (χ0) is 33.9. The van der Waals surface area contributed by atoms with Crippen LogP contribution in [-0.2, 0) is 0 Å². The van der Waals surface area contributed by atoms with Crippen LogP contribution in [0.5, 0.6) is 0 Å². The summed E-state index contributed by atoms with van der Waals surface area (Å²) in [6, 6.07) is 41.7. The highest BCUT2D eigenvalue weighted by atomic mass is 32.1. The van der Waals surface area contributed by atoms with E-state index in [0.717, 1.165) is 0 Å². The van der Waals surface area contributed by atoms with Crippen LogP contribution in [0.15, 0.2) is 125 Å². The molecule has 0 atom stereocenters. The highest BCUT2D eigenvalue weighted by Crippen LogP contribution is 2.48. The van der Waals surface area contributed by atoms with E-state index in [4.69, 9.17) is 0 Å². The van der Waals surface area contributed by atoms with E-state index in [1.165, 1.54) is 110 Å². The van der Waals surface area contributed by atoms with Gasteiger partial charge < -0.3 is 0 Å². The van der Waals surface area contributed by atoms with Crippen LogP contribution < -0.4 is 0 Å². The number of fused-ring (bicyclic) bond motifs is 9. The van der Waals surface area contributed by atoms with Gasteiger partial charge in [0.2, 0.25) is 0 Å². The number of hydrogen-bond acceptors (Lipinski definition) is 9. The molecule has 12 aromatic rings. The molecule has 0 saturated heterocycles. The summed E-state index contributed by atoms with van der Waals surface area (Å²) in [5, 5.41) is 6.63. The number of benzene rings is 3. The van der Waals surface area contributed by atoms with Gasteiger partial charge in [0.05, 0.1) is 50.8 Å². The monoisotopic (exact) mass is 825 g/mol. The highest BCUT2D eigenvalue weighted by Gasteiger charge is 2.24. The highest BCUT2D eigenvalue weighted by molar-refractivity contribution is 7.40. The van der Waals surface area contributed by atoms with E-state index in [0.29, 0.717) is 0 Å². The van der Waals surface area contributed by atoms with Crippen molar-refractivity contribution in [1.29, 1.82) is 0 Å². The van der Waals surface area contributed by atoms with E-state index in [1.54, 1.807) is 0 Å². The van der Waals surface area contributed by atoms with Crippen LogP contribution in [0.2, 0.25) is 0 Å². The van der Waals surface area contributed by atoms with Gasteiger partial charge in [0.15, 0.2) is 0 Å². The Hall–Kier alpha value is -3.61. The fourth-order valence-corrected chi connectivity index (χ4v) is 18.5. The third-order valence-electron chi connectivity index (χ3n) is 9.63. The maximum atomic E-state index is 2.38. The second-order valence-electron chi connectivity index (χ2n) is 12.7. The Balaban J connectivity index is 0.917. The molecule has 0 nitrogen and oxygen atoms in total. The molecule has 0 N–H and O–H groups in total. The van der Waals surface area contributed by atoms with E-state index >= 15 is 0 Å². The Morgan fingerprint density at radius 2 is 0.596 bits per heavy atom. The van der Waals surface area contributed by atoms with Crippen LogP contribution in [0.1, 0.15) is 16.7 Å². The second-order valence-corrected chi connectivity index (χ2v) is 21.8. The molecular formula is C43H21S9+. The SMILES string of the molecule is c1cc2sc3cc(-c4ccc([C+](c5ccc(-c6cc7sc8ccsc8c7s6)cc5)c5ccc(-c6cc7sc8ccsc8c7s6)cc5)cc4)sc3c2s1. The minimum atomic E-state index is 1.23. The standard InChI is InChI=1S/C43H21S9/c1-7-25(8-2-22(1)31-19-34-41(50-31)38-28(47-34)13-16-44-38)37(26-9-3-23(4-10-26)32-20-35-42(51-32)39-29(48-35)14-17-45-39)27-11-5-24(6-12-27)33-21-36-43(52-33)40-30(49-36)15-18-46-40/h1-21H/q+1. The van der Waals surface area contributed by atoms with Gasteiger partial charge in [0.1, 0.15) is 0 Å². The Kier molecular flexibility index (Phi) is 7.08. The lowest BCUT2D eigenvalue weighted by atomic mass is 9.84. The molecule has 3 aromatic carbocycles. The van der Waals surface area contributed by atoms with Gasteiger partial charge in [-0.1, -0.05) is 0 Å². The van der Waals surface area contributed by atoms with Crippen molar-refractivity contribution in [3.05, 3.63) is 148 Å². The van der Waals surface area contributed by atoms with Gasteiger partial charge in [-0.15, -0.1) is 102 Å². The molecule has 0 fully saturated rings. The first-order valence-electron chi connectivity index (χ1n) is 16.6. The molecule has 9 heteroatoms. The molecule has 0 unspecified atom stereocenters. The van der Waals surface area contributed by atoms with Crippen LogP contribution in [0, 0.1) is 5.92 Å². The van der Waals surface area contributed by atoms with Gasteiger partial charge in [-0.25, -0.2) is 0 Å². The van der Waals surface area contributed by atoms with Crippen molar-refractivity contribution in [3.8, 4) is 31.3 Å². The molecule has 12 rings (SSSR count). The second kappa shape index (κ2) is 11.9. The Morgan fingerprint density at radius 1 is 0.288 bits per heavy atom. The summed E-state index contributed by atoms with van der Waals surface area (Å²) in [6.07, 6.45) is 0. The molecule has 52 heavy (non-hydrogen) atoms. The van der Waals surface area contributed by atoms with Gasteiger partial charge in [-0.2, -0.15) is 0 Å². The van der Waals surface area contributed by atoms with Gasteiger partial charge in [0.25, 0.3) is 0 Å². The molecule has 0 saturated carbocycles. The molecule has 0 spiro atoms. The molecule has 0 aliphatic heterocycles. The maximum absolute atomic E-state index is 2.38. The van der Waals surface area contributed by atoms with Crippen molar-refractivity contribution < 1.29 is 0 Å². The number of thiophene rings is 9. The van der Waals surface area contributed by atoms with E-state index < -0.39 is 0 Å². The molecule has 0 aliphatic carbocycles. The lowest BCUT2D eigenvalue weighted by Crippen LogP contribution is -2.04. The number of hydrogen-bond donors (Lipinski definition) is 0. The van der Waals surface area contributed by atoms with Crippen molar-refractivity contribution in [2.75, 3.05) is 0 Å². The summed E-state index contributed by atoms with van der Waals surface area (Å²) < 4.78 is 17.0. The third kappa shape index (κ3) is 4.85. The van der Waals surface area contributed by atoms with Crippen LogP contribution in [0.3, 0.4) is 0 Å². The van der Waals surface area contributed by atoms with Crippen molar-refractivity contribution in [2.45, 2.75) is 0 Å².